The highest BCUT2D eigenvalue weighted by Crippen LogP contribution is 2.08. The fraction of sp³-hybridized carbons (Fsp3) is 0.727. The van der Waals surface area contributed by atoms with Gasteiger partial charge in [-0.3, -0.25) is 4.68 Å². The standard InChI is InChI=1S/C11H20N2S2/c1-4-14-7-8-15-6-5-13-11(3)9-10(2)12-13/h9H,4-8H2,1-3H3. The molecule has 0 aromatic carbocycles. The second-order valence-corrected chi connectivity index (χ2v) is 6.08. The Morgan fingerprint density at radius 1 is 1.20 bits per heavy atom. The number of hydrogen-bond donors (Lipinski definition) is 0. The maximum atomic E-state index is 4.44. The number of nitrogens with zero attached hydrogens (tertiary/aromatic N) is 2. The first kappa shape index (κ1) is 13.0. The average Bonchev–Trinajstić information content (AvgIpc) is 2.51. The van der Waals surface area contributed by atoms with Crippen molar-refractivity contribution in [3.05, 3.63) is 17.5 Å². The second-order valence-electron chi connectivity index (χ2n) is 3.46. The summed E-state index contributed by atoms with van der Waals surface area (Å²) in [5.74, 6) is 4.94. The van der Waals surface area contributed by atoms with E-state index in [1.54, 1.807) is 0 Å². The number of aryl methyl sites for hydroxylation is 3. The van der Waals surface area contributed by atoms with Crippen LogP contribution in [0.5, 0.6) is 0 Å². The lowest BCUT2D eigenvalue weighted by molar-refractivity contribution is 0.640. The van der Waals surface area contributed by atoms with E-state index in [0.717, 1.165) is 12.2 Å². The van der Waals surface area contributed by atoms with E-state index in [1.165, 1.54) is 28.7 Å². The molecule has 0 unspecified atom stereocenters. The minimum absolute atomic E-state index is 1.04. The van der Waals surface area contributed by atoms with Crippen molar-refractivity contribution in [2.75, 3.05) is 23.0 Å². The molecule has 1 heterocycles. The average molecular weight is 244 g/mol. The summed E-state index contributed by atoms with van der Waals surface area (Å²) >= 11 is 4.04. The molecule has 0 fully saturated rings. The summed E-state index contributed by atoms with van der Waals surface area (Å²) in [6, 6.07) is 2.14. The molecule has 0 saturated carbocycles. The predicted octanol–water partition coefficient (Wildman–Crippen LogP) is 2.99. The van der Waals surface area contributed by atoms with Crippen LogP contribution in [-0.4, -0.2) is 32.8 Å². The molecule has 0 radical (unpaired) electrons. The van der Waals surface area contributed by atoms with Crippen molar-refractivity contribution in [1.29, 1.82) is 0 Å². The lowest BCUT2D eigenvalue weighted by Crippen LogP contribution is -2.05. The van der Waals surface area contributed by atoms with Crippen molar-refractivity contribution in [3.8, 4) is 0 Å². The van der Waals surface area contributed by atoms with Gasteiger partial charge in [0, 0.05) is 23.0 Å². The Morgan fingerprint density at radius 2 is 1.93 bits per heavy atom. The Balaban J connectivity index is 2.12. The van der Waals surface area contributed by atoms with Gasteiger partial charge in [-0.2, -0.15) is 28.6 Å². The minimum Gasteiger partial charge on any atom is -0.269 e. The first-order valence-electron chi connectivity index (χ1n) is 5.40. The highest BCUT2D eigenvalue weighted by molar-refractivity contribution is 8.02. The monoisotopic (exact) mass is 244 g/mol. The van der Waals surface area contributed by atoms with Gasteiger partial charge in [-0.25, -0.2) is 0 Å². The molecule has 1 rings (SSSR count). The Morgan fingerprint density at radius 3 is 2.53 bits per heavy atom. The lowest BCUT2D eigenvalue weighted by Gasteiger charge is -2.04. The maximum Gasteiger partial charge on any atom is 0.0596 e. The molecule has 0 atom stereocenters. The molecule has 0 aliphatic heterocycles. The Bertz CT molecular complexity index is 284. The smallest absolute Gasteiger partial charge is 0.0596 e. The van der Waals surface area contributed by atoms with E-state index in [1.807, 2.05) is 23.5 Å². The summed E-state index contributed by atoms with van der Waals surface area (Å²) in [5, 5.41) is 4.44. The van der Waals surface area contributed by atoms with E-state index < -0.39 is 0 Å². The zero-order chi connectivity index (χ0) is 11.1. The van der Waals surface area contributed by atoms with Crippen LogP contribution < -0.4 is 0 Å². The molecular formula is C11H20N2S2. The lowest BCUT2D eigenvalue weighted by atomic mass is 10.4. The quantitative estimate of drug-likeness (QED) is 0.687. The van der Waals surface area contributed by atoms with Crippen LogP contribution >= 0.6 is 23.5 Å². The number of hydrogen-bond acceptors (Lipinski definition) is 3. The van der Waals surface area contributed by atoms with E-state index >= 15 is 0 Å². The van der Waals surface area contributed by atoms with Crippen molar-refractivity contribution in [1.82, 2.24) is 9.78 Å². The van der Waals surface area contributed by atoms with E-state index in [4.69, 9.17) is 0 Å². The molecular weight excluding hydrogens is 224 g/mol. The van der Waals surface area contributed by atoms with Crippen molar-refractivity contribution in [3.63, 3.8) is 0 Å². The van der Waals surface area contributed by atoms with Gasteiger partial charge in [-0.05, 0) is 25.7 Å². The molecule has 1 aromatic heterocycles. The molecule has 4 heteroatoms. The summed E-state index contributed by atoms with van der Waals surface area (Å²) in [6.45, 7) is 7.43. The molecule has 0 saturated heterocycles. The minimum atomic E-state index is 1.04. The third-order valence-electron chi connectivity index (χ3n) is 2.13. The molecule has 1 aromatic rings. The van der Waals surface area contributed by atoms with Crippen LogP contribution in [0.15, 0.2) is 6.07 Å². The summed E-state index contributed by atoms with van der Waals surface area (Å²) in [4.78, 5) is 0. The van der Waals surface area contributed by atoms with Crippen LogP contribution in [0.3, 0.4) is 0 Å². The van der Waals surface area contributed by atoms with Gasteiger partial charge in [0.25, 0.3) is 0 Å². The summed E-state index contributed by atoms with van der Waals surface area (Å²) in [5.41, 5.74) is 2.40. The van der Waals surface area contributed by atoms with E-state index in [0.29, 0.717) is 0 Å². The SMILES string of the molecule is CCSCCSCCn1nc(C)cc1C. The van der Waals surface area contributed by atoms with Gasteiger partial charge in [-0.1, -0.05) is 6.92 Å². The third kappa shape index (κ3) is 4.98. The van der Waals surface area contributed by atoms with Gasteiger partial charge in [0.15, 0.2) is 0 Å². The van der Waals surface area contributed by atoms with Gasteiger partial charge in [-0.15, -0.1) is 0 Å². The van der Waals surface area contributed by atoms with Crippen LogP contribution in [0.4, 0.5) is 0 Å². The first-order chi connectivity index (χ1) is 7.24. The number of aromatic nitrogens is 2. The second kappa shape index (κ2) is 7.23. The Hall–Kier alpha value is -0.0900. The van der Waals surface area contributed by atoms with Gasteiger partial charge in [0.05, 0.1) is 12.2 Å². The number of thioether (sulfide) groups is 2. The fourth-order valence-electron chi connectivity index (χ4n) is 1.42. The third-order valence-corrected chi connectivity index (χ3v) is 4.25. The van der Waals surface area contributed by atoms with Crippen LogP contribution in [0.1, 0.15) is 18.3 Å². The summed E-state index contributed by atoms with van der Waals surface area (Å²) in [7, 11) is 0. The van der Waals surface area contributed by atoms with Crippen LogP contribution in [0.2, 0.25) is 0 Å². The predicted molar refractivity (Wildman–Crippen MR) is 72.0 cm³/mol. The van der Waals surface area contributed by atoms with Gasteiger partial charge in [0.1, 0.15) is 0 Å². The first-order valence-corrected chi connectivity index (χ1v) is 7.71. The largest absolute Gasteiger partial charge is 0.269 e. The topological polar surface area (TPSA) is 17.8 Å². The normalized spacial score (nSPS) is 10.9. The highest BCUT2D eigenvalue weighted by atomic mass is 32.2. The van der Waals surface area contributed by atoms with Crippen LogP contribution in [-0.2, 0) is 6.54 Å². The van der Waals surface area contributed by atoms with Crippen LogP contribution in [0, 0.1) is 13.8 Å². The van der Waals surface area contributed by atoms with Crippen molar-refractivity contribution < 1.29 is 0 Å². The molecule has 0 N–H and O–H groups in total. The van der Waals surface area contributed by atoms with E-state index in [-0.39, 0.29) is 0 Å². The van der Waals surface area contributed by atoms with Gasteiger partial charge >= 0.3 is 0 Å². The van der Waals surface area contributed by atoms with Gasteiger partial charge in [0.2, 0.25) is 0 Å². The van der Waals surface area contributed by atoms with Gasteiger partial charge < -0.3 is 0 Å². The van der Waals surface area contributed by atoms with Crippen LogP contribution in [0.25, 0.3) is 0 Å². The zero-order valence-electron chi connectivity index (χ0n) is 9.82. The maximum absolute atomic E-state index is 4.44. The number of rotatable bonds is 7. The van der Waals surface area contributed by atoms with E-state index in [9.17, 15) is 0 Å². The van der Waals surface area contributed by atoms with Crippen molar-refractivity contribution >= 4 is 23.5 Å². The molecule has 0 spiro atoms. The molecule has 86 valence electrons. The Kier molecular flexibility index (Phi) is 6.25. The molecule has 15 heavy (non-hydrogen) atoms. The fourth-order valence-corrected chi connectivity index (χ4v) is 3.15. The molecule has 0 amide bonds. The highest BCUT2D eigenvalue weighted by Gasteiger charge is 1.99. The van der Waals surface area contributed by atoms with E-state index in [2.05, 4.69) is 36.6 Å². The zero-order valence-corrected chi connectivity index (χ0v) is 11.5. The molecule has 0 bridgehead atoms. The summed E-state index contributed by atoms with van der Waals surface area (Å²) < 4.78 is 2.11. The molecule has 0 aliphatic carbocycles. The van der Waals surface area contributed by atoms with Crippen molar-refractivity contribution in [2.24, 2.45) is 0 Å². The summed E-state index contributed by atoms with van der Waals surface area (Å²) in [6.07, 6.45) is 0. The molecule has 0 aliphatic rings. The Labute approximate surface area is 101 Å². The van der Waals surface area contributed by atoms with Crippen molar-refractivity contribution in [2.45, 2.75) is 27.3 Å². The molecule has 2 nitrogen and oxygen atoms in total.